The van der Waals surface area contributed by atoms with E-state index in [1.54, 1.807) is 91.0 Å². The van der Waals surface area contributed by atoms with E-state index in [2.05, 4.69) is 0 Å². The molecule has 0 amide bonds. The molecule has 7 nitrogen and oxygen atoms in total. The van der Waals surface area contributed by atoms with Crippen molar-refractivity contribution in [3.05, 3.63) is 112 Å². The molecule has 1 atom stereocenters. The third-order valence-corrected chi connectivity index (χ3v) is 5.20. The molecule has 0 spiro atoms. The van der Waals surface area contributed by atoms with Crippen molar-refractivity contribution in [2.45, 2.75) is 12.3 Å². The van der Waals surface area contributed by atoms with E-state index >= 15 is 0 Å². The van der Waals surface area contributed by atoms with Gasteiger partial charge >= 0.3 is 5.97 Å². The quantitative estimate of drug-likeness (QED) is 0.436. The van der Waals surface area contributed by atoms with Crippen molar-refractivity contribution in [1.29, 1.82) is 0 Å². The Hall–Kier alpha value is -4.39. The summed E-state index contributed by atoms with van der Waals surface area (Å²) in [5, 5.41) is 21.0. The van der Waals surface area contributed by atoms with Gasteiger partial charge in [0.25, 0.3) is 5.56 Å². The van der Waals surface area contributed by atoms with Gasteiger partial charge in [0.1, 0.15) is 0 Å². The van der Waals surface area contributed by atoms with Crippen molar-refractivity contribution in [2.24, 2.45) is 0 Å². The number of para-hydroxylation sites is 2. The lowest BCUT2D eigenvalue weighted by Gasteiger charge is -2.12. The van der Waals surface area contributed by atoms with Gasteiger partial charge in [0.05, 0.1) is 22.9 Å². The van der Waals surface area contributed by atoms with Gasteiger partial charge in [-0.2, -0.15) is 0 Å². The molecule has 0 bridgehead atoms. The van der Waals surface area contributed by atoms with E-state index in [1.807, 2.05) is 0 Å². The third-order valence-electron chi connectivity index (χ3n) is 5.20. The van der Waals surface area contributed by atoms with Crippen molar-refractivity contribution in [1.82, 2.24) is 9.36 Å². The number of carboxylic acids is 1. The molecule has 1 unspecified atom stereocenters. The maximum atomic E-state index is 13.5. The zero-order valence-electron chi connectivity index (χ0n) is 17.0. The van der Waals surface area contributed by atoms with Crippen LogP contribution in [0.4, 0.5) is 0 Å². The molecular formula is C25H20N2O5. The summed E-state index contributed by atoms with van der Waals surface area (Å²) in [6.07, 6.45) is -0.463. The first-order chi connectivity index (χ1) is 15.5. The van der Waals surface area contributed by atoms with E-state index in [-0.39, 0.29) is 5.56 Å². The Morgan fingerprint density at radius 2 is 1.22 bits per heavy atom. The Morgan fingerprint density at radius 1 is 0.750 bits per heavy atom. The van der Waals surface area contributed by atoms with Crippen molar-refractivity contribution < 1.29 is 19.8 Å². The first kappa shape index (κ1) is 20.9. The van der Waals surface area contributed by atoms with Crippen LogP contribution in [0, 0.1) is 0 Å². The fourth-order valence-corrected chi connectivity index (χ4v) is 3.66. The summed E-state index contributed by atoms with van der Waals surface area (Å²) in [6, 6.07) is 25.5. The predicted octanol–water partition coefficient (Wildman–Crippen LogP) is 3.78. The molecule has 0 radical (unpaired) electrons. The van der Waals surface area contributed by atoms with E-state index in [4.69, 9.17) is 0 Å². The Bertz CT molecular complexity index is 1310. The lowest BCUT2D eigenvalue weighted by Crippen LogP contribution is -2.26. The third kappa shape index (κ3) is 3.83. The van der Waals surface area contributed by atoms with Gasteiger partial charge in [0.2, 0.25) is 5.88 Å². The van der Waals surface area contributed by atoms with Crippen LogP contribution in [0.2, 0.25) is 0 Å². The molecular weight excluding hydrogens is 408 g/mol. The second-order valence-electron chi connectivity index (χ2n) is 7.22. The Labute approximate surface area is 183 Å². The van der Waals surface area contributed by atoms with Gasteiger partial charge in [-0.25, -0.2) is 9.36 Å². The van der Waals surface area contributed by atoms with Crippen LogP contribution in [0.3, 0.4) is 0 Å². The highest BCUT2D eigenvalue weighted by molar-refractivity contribution is 5.99. The summed E-state index contributed by atoms with van der Waals surface area (Å²) in [5.74, 6) is -3.84. The van der Waals surface area contributed by atoms with Crippen LogP contribution in [-0.4, -0.2) is 31.3 Å². The summed E-state index contributed by atoms with van der Waals surface area (Å²) in [6.45, 7) is 0. The molecule has 0 aliphatic rings. The van der Waals surface area contributed by atoms with Crippen LogP contribution >= 0.6 is 0 Å². The van der Waals surface area contributed by atoms with Gasteiger partial charge in [0.15, 0.2) is 5.78 Å². The molecule has 7 heteroatoms. The van der Waals surface area contributed by atoms with E-state index in [0.717, 1.165) is 0 Å². The summed E-state index contributed by atoms with van der Waals surface area (Å²) in [7, 11) is 0. The van der Waals surface area contributed by atoms with Crippen molar-refractivity contribution >= 4 is 11.8 Å². The number of aromatic hydroxyl groups is 1. The number of nitrogens with zero attached hydrogens (tertiary/aromatic N) is 2. The number of aromatic nitrogens is 2. The van der Waals surface area contributed by atoms with E-state index in [1.165, 1.54) is 9.36 Å². The first-order valence-electron chi connectivity index (χ1n) is 9.98. The zero-order valence-corrected chi connectivity index (χ0v) is 17.0. The number of carbonyl (C=O) groups excluding carboxylic acids is 1. The van der Waals surface area contributed by atoms with Gasteiger partial charge in [-0.05, 0) is 24.3 Å². The average Bonchev–Trinajstić information content (AvgIpc) is 3.08. The fraction of sp³-hybridized carbons (Fsp3) is 0.0800. The van der Waals surface area contributed by atoms with Gasteiger partial charge in [0, 0.05) is 12.0 Å². The lowest BCUT2D eigenvalue weighted by molar-refractivity contribution is -0.138. The highest BCUT2D eigenvalue weighted by atomic mass is 16.4. The molecule has 32 heavy (non-hydrogen) atoms. The van der Waals surface area contributed by atoms with Crippen LogP contribution in [0.25, 0.3) is 11.4 Å². The van der Waals surface area contributed by atoms with Crippen LogP contribution in [-0.2, 0) is 4.79 Å². The molecule has 4 aromatic rings. The Kier molecular flexibility index (Phi) is 5.72. The molecule has 3 aromatic carbocycles. The SMILES string of the molecule is O=C(CC(C(=O)O)c1c(O)n(-c2ccccc2)n(-c2ccccc2)c1=O)c1ccccc1. The van der Waals surface area contributed by atoms with Crippen LogP contribution in [0.15, 0.2) is 95.8 Å². The molecule has 0 aliphatic heterocycles. The second kappa shape index (κ2) is 8.77. The van der Waals surface area contributed by atoms with Gasteiger partial charge in [-0.15, -0.1) is 0 Å². The molecule has 0 saturated heterocycles. The summed E-state index contributed by atoms with van der Waals surface area (Å²) in [5.41, 5.74) is 0.210. The van der Waals surface area contributed by atoms with Crippen LogP contribution in [0.5, 0.6) is 5.88 Å². The number of Topliss-reactive ketones (excluding diaryl/α,β-unsaturated/α-hetero) is 1. The second-order valence-corrected chi connectivity index (χ2v) is 7.22. The largest absolute Gasteiger partial charge is 0.493 e. The minimum atomic E-state index is -1.52. The monoisotopic (exact) mass is 428 g/mol. The van der Waals surface area contributed by atoms with Crippen molar-refractivity contribution in [3.8, 4) is 17.3 Å². The van der Waals surface area contributed by atoms with E-state index < -0.39 is 35.5 Å². The smallest absolute Gasteiger partial charge is 0.311 e. The van der Waals surface area contributed by atoms with E-state index in [0.29, 0.717) is 16.9 Å². The number of hydrogen-bond acceptors (Lipinski definition) is 4. The number of rotatable bonds is 7. The normalized spacial score (nSPS) is 11.8. The minimum Gasteiger partial charge on any atom is -0.493 e. The maximum Gasteiger partial charge on any atom is 0.311 e. The fourth-order valence-electron chi connectivity index (χ4n) is 3.66. The highest BCUT2D eigenvalue weighted by Crippen LogP contribution is 2.31. The molecule has 160 valence electrons. The Morgan fingerprint density at radius 3 is 1.72 bits per heavy atom. The van der Waals surface area contributed by atoms with Gasteiger partial charge in [-0.3, -0.25) is 14.4 Å². The van der Waals surface area contributed by atoms with Crippen LogP contribution < -0.4 is 5.56 Å². The summed E-state index contributed by atoms with van der Waals surface area (Å²) in [4.78, 5) is 38.3. The molecule has 1 heterocycles. The first-order valence-corrected chi connectivity index (χ1v) is 9.98. The maximum absolute atomic E-state index is 13.5. The molecule has 0 fully saturated rings. The molecule has 1 aromatic heterocycles. The number of benzene rings is 3. The van der Waals surface area contributed by atoms with Crippen LogP contribution in [0.1, 0.15) is 28.3 Å². The Balaban J connectivity index is 1.90. The molecule has 2 N–H and O–H groups in total. The predicted molar refractivity (Wildman–Crippen MR) is 119 cm³/mol. The number of carboxylic acid groups (broad SMARTS) is 1. The van der Waals surface area contributed by atoms with E-state index in [9.17, 15) is 24.6 Å². The molecule has 0 aliphatic carbocycles. The lowest BCUT2D eigenvalue weighted by atomic mass is 9.93. The average molecular weight is 428 g/mol. The summed E-state index contributed by atoms with van der Waals surface area (Å²) >= 11 is 0. The van der Waals surface area contributed by atoms with Crippen molar-refractivity contribution in [2.75, 3.05) is 0 Å². The number of hydrogen-bond donors (Lipinski definition) is 2. The standard InChI is InChI=1S/C25H20N2O5/c28-21(17-10-4-1-5-11-17)16-20(25(31)32)22-23(29)26(18-12-6-2-7-13-18)27(24(22)30)19-14-8-3-9-15-19/h1-15,20,29H,16H2,(H,31,32). The number of carbonyl (C=O) groups is 2. The number of aliphatic carboxylic acids is 1. The van der Waals surface area contributed by atoms with Gasteiger partial charge in [-0.1, -0.05) is 66.7 Å². The number of ketones is 1. The highest BCUT2D eigenvalue weighted by Gasteiger charge is 2.34. The zero-order chi connectivity index (χ0) is 22.7. The van der Waals surface area contributed by atoms with Gasteiger partial charge < -0.3 is 10.2 Å². The minimum absolute atomic E-state index is 0.337. The molecule has 0 saturated carbocycles. The van der Waals surface area contributed by atoms with Crippen molar-refractivity contribution in [3.63, 3.8) is 0 Å². The topological polar surface area (TPSA) is 102 Å². The summed E-state index contributed by atoms with van der Waals surface area (Å²) < 4.78 is 2.47. The molecule has 4 rings (SSSR count).